The summed E-state index contributed by atoms with van der Waals surface area (Å²) in [5, 5.41) is 7.45. The third kappa shape index (κ3) is 2.19. The first kappa shape index (κ1) is 10.4. The number of benzene rings is 1. The Bertz CT molecular complexity index is 369. The third-order valence-corrected chi connectivity index (χ3v) is 1.74. The molecule has 2 rings (SSSR count). The summed E-state index contributed by atoms with van der Waals surface area (Å²) < 4.78 is 5.08. The van der Waals surface area contributed by atoms with Crippen LogP contribution in [0.1, 0.15) is 19.4 Å². The van der Waals surface area contributed by atoms with Gasteiger partial charge in [-0.3, -0.25) is 0 Å². The quantitative estimate of drug-likeness (QED) is 0.693. The maximum atomic E-state index is 5.08. The molecule has 14 heavy (non-hydrogen) atoms. The molecule has 0 fully saturated rings. The van der Waals surface area contributed by atoms with Crippen LogP contribution in [0.5, 0.6) is 0 Å². The lowest BCUT2D eigenvalue weighted by molar-refractivity contribution is 0.568. The van der Waals surface area contributed by atoms with Crippen molar-refractivity contribution in [2.45, 2.75) is 20.8 Å². The number of hydrogen-bond donors (Lipinski definition) is 0. The molecule has 0 N–H and O–H groups in total. The van der Waals surface area contributed by atoms with Gasteiger partial charge in [0.25, 0.3) is 0 Å². The van der Waals surface area contributed by atoms with Crippen molar-refractivity contribution in [1.29, 1.82) is 0 Å². The summed E-state index contributed by atoms with van der Waals surface area (Å²) in [6.45, 7) is 6.01. The van der Waals surface area contributed by atoms with Crippen LogP contribution in [0.3, 0.4) is 0 Å². The van der Waals surface area contributed by atoms with E-state index in [9.17, 15) is 0 Å². The first-order valence-electron chi connectivity index (χ1n) is 4.70. The standard InChI is InChI=1S/C9H8N2O.C2H6/c1-7-4-2-3-5-8(7)9-11-10-6-12-9;1-2/h2-6H,1H3;1-2H3. The van der Waals surface area contributed by atoms with E-state index in [1.807, 2.05) is 45.0 Å². The molecular formula is C11H14N2O. The van der Waals surface area contributed by atoms with Gasteiger partial charge in [-0.15, -0.1) is 10.2 Å². The molecule has 0 saturated heterocycles. The zero-order chi connectivity index (χ0) is 10.4. The Morgan fingerprint density at radius 3 is 2.43 bits per heavy atom. The van der Waals surface area contributed by atoms with Crippen LogP contribution < -0.4 is 0 Å². The SMILES string of the molecule is CC.Cc1ccccc1-c1nnco1. The van der Waals surface area contributed by atoms with Crippen LogP contribution in [-0.4, -0.2) is 10.2 Å². The fourth-order valence-electron chi connectivity index (χ4n) is 1.10. The molecule has 0 atom stereocenters. The molecule has 0 aliphatic rings. The van der Waals surface area contributed by atoms with Gasteiger partial charge in [0.15, 0.2) is 0 Å². The molecule has 2 aromatic rings. The van der Waals surface area contributed by atoms with E-state index >= 15 is 0 Å². The molecule has 0 unspecified atom stereocenters. The first-order valence-corrected chi connectivity index (χ1v) is 4.70. The molecule has 0 spiro atoms. The van der Waals surface area contributed by atoms with Gasteiger partial charge in [0, 0.05) is 5.56 Å². The molecule has 74 valence electrons. The van der Waals surface area contributed by atoms with E-state index in [1.165, 1.54) is 6.39 Å². The number of hydrogen-bond acceptors (Lipinski definition) is 3. The van der Waals surface area contributed by atoms with Crippen molar-refractivity contribution < 1.29 is 4.42 Å². The molecule has 3 nitrogen and oxygen atoms in total. The smallest absolute Gasteiger partial charge is 0.247 e. The molecule has 0 amide bonds. The number of rotatable bonds is 1. The molecule has 1 heterocycles. The molecule has 0 aliphatic heterocycles. The lowest BCUT2D eigenvalue weighted by Crippen LogP contribution is -1.81. The topological polar surface area (TPSA) is 38.9 Å². The largest absolute Gasteiger partial charge is 0.423 e. The summed E-state index contributed by atoms with van der Waals surface area (Å²) in [5.74, 6) is 0.577. The van der Waals surface area contributed by atoms with E-state index in [0.717, 1.165) is 11.1 Å². The summed E-state index contributed by atoms with van der Waals surface area (Å²) in [6, 6.07) is 7.91. The lowest BCUT2D eigenvalue weighted by atomic mass is 10.1. The minimum Gasteiger partial charge on any atom is -0.423 e. The Morgan fingerprint density at radius 1 is 1.14 bits per heavy atom. The van der Waals surface area contributed by atoms with Gasteiger partial charge in [0.05, 0.1) is 0 Å². The highest BCUT2D eigenvalue weighted by atomic mass is 16.4. The van der Waals surface area contributed by atoms with E-state index in [2.05, 4.69) is 10.2 Å². The van der Waals surface area contributed by atoms with Gasteiger partial charge in [-0.25, -0.2) is 0 Å². The number of nitrogens with zero attached hydrogens (tertiary/aromatic N) is 2. The monoisotopic (exact) mass is 190 g/mol. The van der Waals surface area contributed by atoms with Gasteiger partial charge in [-0.05, 0) is 18.6 Å². The molecule has 1 aromatic heterocycles. The maximum absolute atomic E-state index is 5.08. The Morgan fingerprint density at radius 2 is 1.86 bits per heavy atom. The second-order valence-corrected chi connectivity index (χ2v) is 2.56. The molecule has 0 radical (unpaired) electrons. The van der Waals surface area contributed by atoms with Gasteiger partial charge in [0.1, 0.15) is 0 Å². The van der Waals surface area contributed by atoms with E-state index < -0.39 is 0 Å². The van der Waals surface area contributed by atoms with Crippen LogP contribution in [0, 0.1) is 6.92 Å². The summed E-state index contributed by atoms with van der Waals surface area (Å²) in [7, 11) is 0. The number of aryl methyl sites for hydroxylation is 1. The van der Waals surface area contributed by atoms with E-state index in [-0.39, 0.29) is 0 Å². The van der Waals surface area contributed by atoms with E-state index in [0.29, 0.717) is 5.89 Å². The average molecular weight is 190 g/mol. The van der Waals surface area contributed by atoms with E-state index in [4.69, 9.17) is 4.42 Å². The van der Waals surface area contributed by atoms with E-state index in [1.54, 1.807) is 0 Å². The van der Waals surface area contributed by atoms with Crippen molar-refractivity contribution in [3.05, 3.63) is 36.2 Å². The molecular weight excluding hydrogens is 176 g/mol. The van der Waals surface area contributed by atoms with Crippen LogP contribution in [0.4, 0.5) is 0 Å². The Hall–Kier alpha value is -1.64. The van der Waals surface area contributed by atoms with Gasteiger partial charge in [-0.2, -0.15) is 0 Å². The Labute approximate surface area is 83.8 Å². The first-order chi connectivity index (χ1) is 6.88. The average Bonchev–Trinajstić information content (AvgIpc) is 2.75. The molecule has 0 saturated carbocycles. The summed E-state index contributed by atoms with van der Waals surface area (Å²) >= 11 is 0. The highest BCUT2D eigenvalue weighted by Crippen LogP contribution is 2.19. The van der Waals surface area contributed by atoms with Crippen molar-refractivity contribution in [2.75, 3.05) is 0 Å². The van der Waals surface area contributed by atoms with Gasteiger partial charge in [0.2, 0.25) is 12.3 Å². The van der Waals surface area contributed by atoms with Crippen LogP contribution in [-0.2, 0) is 0 Å². The van der Waals surface area contributed by atoms with Crippen molar-refractivity contribution in [2.24, 2.45) is 0 Å². The van der Waals surface area contributed by atoms with Crippen LogP contribution in [0.25, 0.3) is 11.5 Å². The van der Waals surface area contributed by atoms with Crippen molar-refractivity contribution in [3.63, 3.8) is 0 Å². The third-order valence-electron chi connectivity index (χ3n) is 1.74. The molecule has 1 aromatic carbocycles. The molecule has 0 aliphatic carbocycles. The van der Waals surface area contributed by atoms with Gasteiger partial charge < -0.3 is 4.42 Å². The second-order valence-electron chi connectivity index (χ2n) is 2.56. The lowest BCUT2D eigenvalue weighted by Gasteiger charge is -1.97. The zero-order valence-corrected chi connectivity index (χ0v) is 8.69. The minimum atomic E-state index is 0.577. The highest BCUT2D eigenvalue weighted by Gasteiger charge is 2.04. The van der Waals surface area contributed by atoms with Crippen molar-refractivity contribution >= 4 is 0 Å². The van der Waals surface area contributed by atoms with Crippen LogP contribution >= 0.6 is 0 Å². The minimum absolute atomic E-state index is 0.577. The summed E-state index contributed by atoms with van der Waals surface area (Å²) in [5.41, 5.74) is 2.14. The van der Waals surface area contributed by atoms with Crippen LogP contribution in [0.2, 0.25) is 0 Å². The van der Waals surface area contributed by atoms with Crippen molar-refractivity contribution in [1.82, 2.24) is 10.2 Å². The maximum Gasteiger partial charge on any atom is 0.247 e. The molecule has 0 bridgehead atoms. The number of aromatic nitrogens is 2. The molecule has 3 heteroatoms. The van der Waals surface area contributed by atoms with Crippen molar-refractivity contribution in [3.8, 4) is 11.5 Å². The van der Waals surface area contributed by atoms with Gasteiger partial charge in [-0.1, -0.05) is 32.0 Å². The highest BCUT2D eigenvalue weighted by molar-refractivity contribution is 5.57. The summed E-state index contributed by atoms with van der Waals surface area (Å²) in [6.07, 6.45) is 1.34. The fourth-order valence-corrected chi connectivity index (χ4v) is 1.10. The Balaban J connectivity index is 0.000000461. The van der Waals surface area contributed by atoms with Crippen LogP contribution in [0.15, 0.2) is 35.1 Å². The normalized spacial score (nSPS) is 9.07. The Kier molecular flexibility index (Phi) is 3.85. The zero-order valence-electron chi connectivity index (χ0n) is 8.69. The van der Waals surface area contributed by atoms with Gasteiger partial charge >= 0.3 is 0 Å². The predicted octanol–water partition coefficient (Wildman–Crippen LogP) is 3.07. The fraction of sp³-hybridized carbons (Fsp3) is 0.273. The summed E-state index contributed by atoms with van der Waals surface area (Å²) in [4.78, 5) is 0. The predicted molar refractivity (Wildman–Crippen MR) is 55.8 cm³/mol. The second kappa shape index (κ2) is 5.17.